The monoisotopic (exact) mass is 311 g/mol. The lowest BCUT2D eigenvalue weighted by Gasteiger charge is -2.19. The standard InChI is InChI=1S/C16H19ClFNS/c1-3-6-19-16(14-10-20-9-11(14)2)7-12-4-5-13(18)8-15(12)17/h4-5,8-10,16,19H,3,6-7H2,1-2H3. The van der Waals surface area contributed by atoms with Crippen molar-refractivity contribution < 1.29 is 4.39 Å². The van der Waals surface area contributed by atoms with Crippen LogP contribution in [0, 0.1) is 12.7 Å². The highest BCUT2D eigenvalue weighted by molar-refractivity contribution is 7.08. The Balaban J connectivity index is 2.21. The van der Waals surface area contributed by atoms with E-state index in [0.29, 0.717) is 5.02 Å². The first-order valence-corrected chi connectivity index (χ1v) is 8.14. The van der Waals surface area contributed by atoms with Crippen LogP contribution < -0.4 is 5.32 Å². The molecule has 1 unspecified atom stereocenters. The first-order chi connectivity index (χ1) is 9.61. The number of nitrogens with one attached hydrogen (secondary N) is 1. The van der Waals surface area contributed by atoms with E-state index in [1.807, 2.05) is 0 Å². The van der Waals surface area contributed by atoms with Crippen molar-refractivity contribution in [3.8, 4) is 0 Å². The van der Waals surface area contributed by atoms with Gasteiger partial charge in [-0.25, -0.2) is 4.39 Å². The maximum Gasteiger partial charge on any atom is 0.124 e. The van der Waals surface area contributed by atoms with Crippen molar-refractivity contribution in [2.75, 3.05) is 6.54 Å². The van der Waals surface area contributed by atoms with E-state index in [1.54, 1.807) is 17.4 Å². The first kappa shape index (κ1) is 15.5. The molecule has 1 heterocycles. The third-order valence-electron chi connectivity index (χ3n) is 3.35. The van der Waals surface area contributed by atoms with E-state index in [2.05, 4.69) is 29.9 Å². The Morgan fingerprint density at radius 1 is 1.35 bits per heavy atom. The molecule has 2 rings (SSSR count). The second-order valence-electron chi connectivity index (χ2n) is 4.96. The Hall–Kier alpha value is -0.900. The van der Waals surface area contributed by atoms with Gasteiger partial charge in [-0.05, 0) is 65.9 Å². The van der Waals surface area contributed by atoms with Gasteiger partial charge in [-0.15, -0.1) is 0 Å². The fraction of sp³-hybridized carbons (Fsp3) is 0.375. The van der Waals surface area contributed by atoms with Crippen LogP contribution in [0.2, 0.25) is 5.02 Å². The zero-order chi connectivity index (χ0) is 14.5. The zero-order valence-electron chi connectivity index (χ0n) is 11.7. The number of hydrogen-bond donors (Lipinski definition) is 1. The summed E-state index contributed by atoms with van der Waals surface area (Å²) in [6.07, 6.45) is 1.85. The average Bonchev–Trinajstić information content (AvgIpc) is 2.83. The molecular weight excluding hydrogens is 293 g/mol. The zero-order valence-corrected chi connectivity index (χ0v) is 13.3. The van der Waals surface area contributed by atoms with Crippen molar-refractivity contribution in [3.63, 3.8) is 0 Å². The summed E-state index contributed by atoms with van der Waals surface area (Å²) >= 11 is 7.86. The molecule has 0 spiro atoms. The van der Waals surface area contributed by atoms with Crippen molar-refractivity contribution in [1.29, 1.82) is 0 Å². The summed E-state index contributed by atoms with van der Waals surface area (Å²) in [6, 6.07) is 4.86. The largest absolute Gasteiger partial charge is 0.310 e. The normalized spacial score (nSPS) is 12.6. The Bertz CT molecular complexity index is 567. The Morgan fingerprint density at radius 3 is 2.75 bits per heavy atom. The van der Waals surface area contributed by atoms with E-state index < -0.39 is 0 Å². The van der Waals surface area contributed by atoms with Crippen LogP contribution in [0.5, 0.6) is 0 Å². The van der Waals surface area contributed by atoms with Gasteiger partial charge in [0.1, 0.15) is 5.82 Å². The molecule has 1 N–H and O–H groups in total. The number of hydrogen-bond acceptors (Lipinski definition) is 2. The predicted molar refractivity (Wildman–Crippen MR) is 85.2 cm³/mol. The third kappa shape index (κ3) is 3.81. The van der Waals surface area contributed by atoms with E-state index in [1.165, 1.54) is 23.3 Å². The van der Waals surface area contributed by atoms with E-state index in [4.69, 9.17) is 11.6 Å². The Kier molecular flexibility index (Phi) is 5.58. The van der Waals surface area contributed by atoms with Crippen molar-refractivity contribution >= 4 is 22.9 Å². The maximum atomic E-state index is 13.1. The number of rotatable bonds is 6. The van der Waals surface area contributed by atoms with Crippen molar-refractivity contribution in [1.82, 2.24) is 5.32 Å². The number of aryl methyl sites for hydroxylation is 1. The van der Waals surface area contributed by atoms with Crippen molar-refractivity contribution in [2.45, 2.75) is 32.7 Å². The summed E-state index contributed by atoms with van der Waals surface area (Å²) in [4.78, 5) is 0. The van der Waals surface area contributed by atoms with Crippen molar-refractivity contribution in [3.05, 3.63) is 56.5 Å². The molecule has 1 aromatic carbocycles. The minimum atomic E-state index is -0.288. The molecule has 1 nitrogen and oxygen atoms in total. The molecular formula is C16H19ClFNS. The van der Waals surface area contributed by atoms with E-state index in [-0.39, 0.29) is 11.9 Å². The summed E-state index contributed by atoms with van der Waals surface area (Å²) in [6.45, 7) is 5.23. The van der Waals surface area contributed by atoms with Gasteiger partial charge in [-0.3, -0.25) is 0 Å². The van der Waals surface area contributed by atoms with Gasteiger partial charge < -0.3 is 5.32 Å². The number of thiophene rings is 1. The highest BCUT2D eigenvalue weighted by Gasteiger charge is 2.16. The van der Waals surface area contributed by atoms with Gasteiger partial charge in [-0.2, -0.15) is 11.3 Å². The summed E-state index contributed by atoms with van der Waals surface area (Å²) in [7, 11) is 0. The molecule has 0 amide bonds. The molecule has 0 bridgehead atoms. The summed E-state index contributed by atoms with van der Waals surface area (Å²) in [5.74, 6) is -0.288. The lowest BCUT2D eigenvalue weighted by molar-refractivity contribution is 0.528. The van der Waals surface area contributed by atoms with Gasteiger partial charge in [0.25, 0.3) is 0 Å². The molecule has 108 valence electrons. The maximum absolute atomic E-state index is 13.1. The molecule has 1 atom stereocenters. The molecule has 0 aliphatic heterocycles. The van der Waals surface area contributed by atoms with Crippen LogP contribution in [0.4, 0.5) is 4.39 Å². The minimum absolute atomic E-state index is 0.226. The second-order valence-corrected chi connectivity index (χ2v) is 6.11. The number of benzene rings is 1. The van der Waals surface area contributed by atoms with Crippen LogP contribution in [-0.2, 0) is 6.42 Å². The molecule has 20 heavy (non-hydrogen) atoms. The SMILES string of the molecule is CCCNC(Cc1ccc(F)cc1Cl)c1cscc1C. The Morgan fingerprint density at radius 2 is 2.15 bits per heavy atom. The summed E-state index contributed by atoms with van der Waals surface area (Å²) in [5.41, 5.74) is 3.58. The van der Waals surface area contributed by atoms with Crippen LogP contribution in [0.25, 0.3) is 0 Å². The smallest absolute Gasteiger partial charge is 0.124 e. The lowest BCUT2D eigenvalue weighted by Crippen LogP contribution is -2.24. The fourth-order valence-electron chi connectivity index (χ4n) is 2.25. The fourth-order valence-corrected chi connectivity index (χ4v) is 3.39. The van der Waals surface area contributed by atoms with Gasteiger partial charge >= 0.3 is 0 Å². The molecule has 0 saturated carbocycles. The first-order valence-electron chi connectivity index (χ1n) is 6.81. The van der Waals surface area contributed by atoms with Gasteiger partial charge in [0.05, 0.1) is 0 Å². The molecule has 0 aliphatic carbocycles. The molecule has 1 aromatic heterocycles. The van der Waals surface area contributed by atoms with Crippen LogP contribution >= 0.6 is 22.9 Å². The van der Waals surface area contributed by atoms with Gasteiger partial charge in [0.2, 0.25) is 0 Å². The highest BCUT2D eigenvalue weighted by Crippen LogP contribution is 2.28. The highest BCUT2D eigenvalue weighted by atomic mass is 35.5. The number of halogens is 2. The van der Waals surface area contributed by atoms with E-state index in [0.717, 1.165) is 24.9 Å². The molecule has 0 saturated heterocycles. The van der Waals surface area contributed by atoms with Gasteiger partial charge in [0.15, 0.2) is 0 Å². The van der Waals surface area contributed by atoms with Crippen molar-refractivity contribution in [2.24, 2.45) is 0 Å². The average molecular weight is 312 g/mol. The van der Waals surface area contributed by atoms with Crippen LogP contribution in [-0.4, -0.2) is 6.54 Å². The van der Waals surface area contributed by atoms with E-state index >= 15 is 0 Å². The predicted octanol–water partition coefficient (Wildman–Crippen LogP) is 5.13. The van der Waals surface area contributed by atoms with E-state index in [9.17, 15) is 4.39 Å². The minimum Gasteiger partial charge on any atom is -0.310 e. The van der Waals surface area contributed by atoms with Crippen LogP contribution in [0.3, 0.4) is 0 Å². The third-order valence-corrected chi connectivity index (χ3v) is 4.58. The van der Waals surface area contributed by atoms with Gasteiger partial charge in [-0.1, -0.05) is 24.6 Å². The lowest BCUT2D eigenvalue weighted by atomic mass is 9.98. The quantitative estimate of drug-likeness (QED) is 0.779. The van der Waals surface area contributed by atoms with Crippen LogP contribution in [0.1, 0.15) is 36.1 Å². The topological polar surface area (TPSA) is 12.0 Å². The Labute approximate surface area is 128 Å². The molecule has 0 fully saturated rings. The molecule has 4 heteroatoms. The molecule has 0 aliphatic rings. The second kappa shape index (κ2) is 7.21. The molecule has 0 radical (unpaired) electrons. The summed E-state index contributed by atoms with van der Waals surface area (Å²) < 4.78 is 13.1. The summed E-state index contributed by atoms with van der Waals surface area (Å²) in [5, 5.41) is 8.39. The molecule has 2 aromatic rings. The van der Waals surface area contributed by atoms with Gasteiger partial charge in [0, 0.05) is 11.1 Å². The van der Waals surface area contributed by atoms with Crippen LogP contribution in [0.15, 0.2) is 29.0 Å².